The number of aliphatic hydroxyl groups excluding tert-OH is 1. The van der Waals surface area contributed by atoms with Crippen LogP contribution in [-0.2, 0) is 0 Å². The number of hydrogen-bond acceptors (Lipinski definition) is 3. The van der Waals surface area contributed by atoms with E-state index in [1.54, 1.807) is 0 Å². The van der Waals surface area contributed by atoms with Crippen molar-refractivity contribution in [3.8, 4) is 0 Å². The lowest BCUT2D eigenvalue weighted by atomic mass is 9.72. The predicted molar refractivity (Wildman–Crippen MR) is 75.7 cm³/mol. The molecule has 1 heterocycles. The van der Waals surface area contributed by atoms with Gasteiger partial charge in [-0.1, -0.05) is 13.8 Å². The number of nitrogens with zero attached hydrogens (tertiary/aromatic N) is 1. The average molecular weight is 254 g/mol. The molecule has 106 valence electrons. The molecule has 1 aliphatic heterocycles. The first-order valence-electron chi connectivity index (χ1n) is 7.74. The highest BCUT2D eigenvalue weighted by Gasteiger charge is 2.40. The van der Waals surface area contributed by atoms with Crippen LogP contribution in [0.2, 0.25) is 0 Å². The minimum absolute atomic E-state index is 0.0947. The average Bonchev–Trinajstić information content (AvgIpc) is 2.68. The van der Waals surface area contributed by atoms with Crippen molar-refractivity contribution in [2.24, 2.45) is 11.8 Å². The lowest BCUT2D eigenvalue weighted by Crippen LogP contribution is -2.55. The van der Waals surface area contributed by atoms with Gasteiger partial charge in [-0.3, -0.25) is 4.90 Å². The van der Waals surface area contributed by atoms with E-state index in [9.17, 15) is 5.11 Å². The maximum absolute atomic E-state index is 9.95. The summed E-state index contributed by atoms with van der Waals surface area (Å²) >= 11 is 0. The normalized spacial score (nSPS) is 35.7. The van der Waals surface area contributed by atoms with Gasteiger partial charge in [0.15, 0.2) is 0 Å². The third kappa shape index (κ3) is 3.06. The third-order valence-electron chi connectivity index (χ3n) is 5.21. The Hall–Kier alpha value is -0.120. The molecule has 1 saturated heterocycles. The summed E-state index contributed by atoms with van der Waals surface area (Å²) in [6.45, 7) is 9.49. The zero-order chi connectivity index (χ0) is 13.0. The molecule has 0 aromatic carbocycles. The van der Waals surface area contributed by atoms with Gasteiger partial charge in [-0.15, -0.1) is 0 Å². The van der Waals surface area contributed by atoms with Crippen LogP contribution in [0.5, 0.6) is 0 Å². The summed E-state index contributed by atoms with van der Waals surface area (Å²) in [4.78, 5) is 2.57. The Morgan fingerprint density at radius 2 is 1.94 bits per heavy atom. The summed E-state index contributed by atoms with van der Waals surface area (Å²) in [7, 11) is 0. The molecular weight excluding hydrogens is 224 g/mol. The molecule has 18 heavy (non-hydrogen) atoms. The lowest BCUT2D eigenvalue weighted by molar-refractivity contribution is -0.0110. The Balaban J connectivity index is 1.98. The van der Waals surface area contributed by atoms with Crippen LogP contribution >= 0.6 is 0 Å². The summed E-state index contributed by atoms with van der Waals surface area (Å²) in [5.74, 6) is 1.67. The molecule has 3 heteroatoms. The van der Waals surface area contributed by atoms with Crippen molar-refractivity contribution >= 4 is 0 Å². The van der Waals surface area contributed by atoms with E-state index < -0.39 is 0 Å². The summed E-state index contributed by atoms with van der Waals surface area (Å²) < 4.78 is 0. The van der Waals surface area contributed by atoms with E-state index in [0.717, 1.165) is 38.0 Å². The van der Waals surface area contributed by atoms with E-state index in [4.69, 9.17) is 0 Å². The molecule has 0 amide bonds. The van der Waals surface area contributed by atoms with Crippen LogP contribution in [0, 0.1) is 11.8 Å². The molecule has 2 N–H and O–H groups in total. The van der Waals surface area contributed by atoms with Crippen molar-refractivity contribution in [1.82, 2.24) is 10.2 Å². The van der Waals surface area contributed by atoms with E-state index in [-0.39, 0.29) is 5.54 Å². The van der Waals surface area contributed by atoms with Crippen LogP contribution < -0.4 is 5.32 Å². The second-order valence-corrected chi connectivity index (χ2v) is 6.55. The molecule has 0 bridgehead atoms. The third-order valence-corrected chi connectivity index (χ3v) is 5.21. The molecule has 0 atom stereocenters. The van der Waals surface area contributed by atoms with E-state index >= 15 is 0 Å². The van der Waals surface area contributed by atoms with Crippen molar-refractivity contribution < 1.29 is 5.11 Å². The highest BCUT2D eigenvalue weighted by atomic mass is 16.3. The molecule has 0 aromatic rings. The summed E-state index contributed by atoms with van der Waals surface area (Å²) in [5.41, 5.74) is 0.0947. The molecule has 2 rings (SSSR count). The standard InChI is InChI=1S/C15H30N2O/c1-13(2)14-4-6-15(12-18,7-5-14)17-10-3-8-16-9-11-17/h13-14,16,18H,3-12H2,1-2H3. The van der Waals surface area contributed by atoms with Crippen LogP contribution in [0.15, 0.2) is 0 Å². The van der Waals surface area contributed by atoms with E-state index in [0.29, 0.717) is 6.61 Å². The highest BCUT2D eigenvalue weighted by Crippen LogP contribution is 2.39. The zero-order valence-corrected chi connectivity index (χ0v) is 12.1. The highest BCUT2D eigenvalue weighted by molar-refractivity contribution is 4.95. The summed E-state index contributed by atoms with van der Waals surface area (Å²) in [6, 6.07) is 0. The molecule has 2 fully saturated rings. The fraction of sp³-hybridized carbons (Fsp3) is 1.00. The molecular formula is C15H30N2O. The maximum Gasteiger partial charge on any atom is 0.0615 e. The van der Waals surface area contributed by atoms with Crippen LogP contribution in [0.3, 0.4) is 0 Å². The SMILES string of the molecule is CC(C)C1CCC(CO)(N2CCCNCC2)CC1. The van der Waals surface area contributed by atoms with E-state index in [1.807, 2.05) is 0 Å². The molecule has 3 nitrogen and oxygen atoms in total. The minimum Gasteiger partial charge on any atom is -0.394 e. The van der Waals surface area contributed by atoms with Gasteiger partial charge in [0.1, 0.15) is 0 Å². The minimum atomic E-state index is 0.0947. The smallest absolute Gasteiger partial charge is 0.0615 e. The van der Waals surface area contributed by atoms with E-state index in [2.05, 4.69) is 24.1 Å². The Kier molecular flexibility index (Phi) is 5.05. The number of nitrogens with one attached hydrogen (secondary N) is 1. The predicted octanol–water partition coefficient (Wildman–Crippen LogP) is 1.86. The van der Waals surface area contributed by atoms with Crippen LogP contribution in [0.1, 0.15) is 46.0 Å². The number of hydrogen-bond donors (Lipinski definition) is 2. The maximum atomic E-state index is 9.95. The van der Waals surface area contributed by atoms with Gasteiger partial charge in [0.25, 0.3) is 0 Å². The molecule has 0 unspecified atom stereocenters. The summed E-state index contributed by atoms with van der Waals surface area (Å²) in [6.07, 6.45) is 6.18. The Bertz CT molecular complexity index is 239. The van der Waals surface area contributed by atoms with Gasteiger partial charge in [-0.05, 0) is 50.5 Å². The molecule has 0 radical (unpaired) electrons. The van der Waals surface area contributed by atoms with Crippen LogP contribution in [-0.4, -0.2) is 48.3 Å². The number of rotatable bonds is 3. The van der Waals surface area contributed by atoms with Crippen molar-refractivity contribution in [3.63, 3.8) is 0 Å². The molecule has 1 aliphatic carbocycles. The van der Waals surface area contributed by atoms with Gasteiger partial charge in [0, 0.05) is 25.2 Å². The Morgan fingerprint density at radius 3 is 2.56 bits per heavy atom. The largest absolute Gasteiger partial charge is 0.394 e. The quantitative estimate of drug-likeness (QED) is 0.807. The van der Waals surface area contributed by atoms with Gasteiger partial charge in [0.2, 0.25) is 0 Å². The van der Waals surface area contributed by atoms with Gasteiger partial charge in [-0.25, -0.2) is 0 Å². The molecule has 0 spiro atoms. The first-order valence-corrected chi connectivity index (χ1v) is 7.74. The van der Waals surface area contributed by atoms with Crippen molar-refractivity contribution in [3.05, 3.63) is 0 Å². The van der Waals surface area contributed by atoms with Crippen molar-refractivity contribution in [2.45, 2.75) is 51.5 Å². The fourth-order valence-corrected chi connectivity index (χ4v) is 3.74. The first-order chi connectivity index (χ1) is 8.68. The van der Waals surface area contributed by atoms with Gasteiger partial charge in [0.05, 0.1) is 6.61 Å². The molecule has 0 aromatic heterocycles. The van der Waals surface area contributed by atoms with Crippen LogP contribution in [0.25, 0.3) is 0 Å². The lowest BCUT2D eigenvalue weighted by Gasteiger charge is -2.47. The van der Waals surface area contributed by atoms with Crippen molar-refractivity contribution in [2.75, 3.05) is 32.8 Å². The second-order valence-electron chi connectivity index (χ2n) is 6.55. The number of aliphatic hydroxyl groups is 1. The summed E-state index contributed by atoms with van der Waals surface area (Å²) in [5, 5.41) is 13.4. The monoisotopic (exact) mass is 254 g/mol. The Labute approximate surface area is 112 Å². The van der Waals surface area contributed by atoms with Gasteiger partial charge < -0.3 is 10.4 Å². The Morgan fingerprint density at radius 1 is 1.22 bits per heavy atom. The zero-order valence-electron chi connectivity index (χ0n) is 12.1. The van der Waals surface area contributed by atoms with E-state index in [1.165, 1.54) is 32.1 Å². The second kappa shape index (κ2) is 6.36. The topological polar surface area (TPSA) is 35.5 Å². The van der Waals surface area contributed by atoms with Crippen LogP contribution in [0.4, 0.5) is 0 Å². The molecule has 1 saturated carbocycles. The molecule has 2 aliphatic rings. The van der Waals surface area contributed by atoms with Gasteiger partial charge in [-0.2, -0.15) is 0 Å². The fourth-order valence-electron chi connectivity index (χ4n) is 3.74. The van der Waals surface area contributed by atoms with Gasteiger partial charge >= 0.3 is 0 Å². The first kappa shape index (κ1) is 14.3. The van der Waals surface area contributed by atoms with Crippen molar-refractivity contribution in [1.29, 1.82) is 0 Å².